The average Bonchev–Trinajstić information content (AvgIpc) is 3.29. The van der Waals surface area contributed by atoms with Gasteiger partial charge in [-0.3, -0.25) is 9.69 Å². The number of allylic oxidation sites excluding steroid dienone is 1. The molecule has 4 fully saturated rings. The number of anilines is 3. The van der Waals surface area contributed by atoms with Gasteiger partial charge in [0.15, 0.2) is 11.5 Å². The van der Waals surface area contributed by atoms with E-state index in [0.717, 1.165) is 31.2 Å². The van der Waals surface area contributed by atoms with E-state index in [1.54, 1.807) is 42.9 Å². The quantitative estimate of drug-likeness (QED) is 0.311. The van der Waals surface area contributed by atoms with Gasteiger partial charge < -0.3 is 20.2 Å². The lowest BCUT2D eigenvalue weighted by Gasteiger charge is -2.61. The number of piperazine rings is 1. The maximum absolute atomic E-state index is 13.3. The Bertz CT molecular complexity index is 1750. The largest absolute Gasteiger partial charge is 0.384 e. The summed E-state index contributed by atoms with van der Waals surface area (Å²) in [4.78, 5) is 35.1. The number of nitrogens with zero attached hydrogens (tertiary/aromatic N) is 8. The molecule has 8 rings (SSSR count). The number of aliphatic hydroxyl groups is 1. The van der Waals surface area contributed by atoms with Gasteiger partial charge in [0, 0.05) is 43.8 Å². The molecule has 2 bridgehead atoms. The van der Waals surface area contributed by atoms with Crippen LogP contribution in [-0.4, -0.2) is 91.1 Å². The molecule has 4 aliphatic rings. The monoisotopic (exact) mass is 595 g/mol. The van der Waals surface area contributed by atoms with Crippen LogP contribution in [0.25, 0.3) is 16.9 Å². The summed E-state index contributed by atoms with van der Waals surface area (Å²) < 4.78 is 3.20. The first kappa shape index (κ1) is 28.7. The number of likely N-dealkylation sites (N-methyl/N-ethyl adjacent to an activating group) is 1. The van der Waals surface area contributed by atoms with Gasteiger partial charge in [0.1, 0.15) is 11.0 Å². The van der Waals surface area contributed by atoms with Crippen molar-refractivity contribution < 1.29 is 5.11 Å². The molecule has 0 aliphatic carbocycles. The van der Waals surface area contributed by atoms with Gasteiger partial charge in [-0.25, -0.2) is 19.3 Å². The molecular formula is C33H41N9O2. The normalized spacial score (nSPS) is 23.9. The molecule has 1 spiro atoms. The number of nitrogens with one attached hydrogen (secondary N) is 1. The Morgan fingerprint density at radius 2 is 1.84 bits per heavy atom. The molecule has 11 heteroatoms. The minimum Gasteiger partial charge on any atom is -0.384 e. The highest BCUT2D eigenvalue weighted by molar-refractivity contribution is 5.77. The predicted molar refractivity (Wildman–Crippen MR) is 173 cm³/mol. The Hall–Kier alpha value is -4.06. The van der Waals surface area contributed by atoms with Crippen molar-refractivity contribution in [2.45, 2.75) is 44.4 Å². The molecule has 4 saturated heterocycles. The van der Waals surface area contributed by atoms with Crippen molar-refractivity contribution in [2.24, 2.45) is 5.92 Å². The van der Waals surface area contributed by atoms with E-state index in [1.165, 1.54) is 42.8 Å². The minimum atomic E-state index is -1.14. The zero-order valence-electron chi connectivity index (χ0n) is 25.8. The fraction of sp³-hybridized carbons (Fsp3) is 0.455. The Labute approximate surface area is 257 Å². The Balaban J connectivity index is 1.16. The van der Waals surface area contributed by atoms with Gasteiger partial charge in [0.25, 0.3) is 5.56 Å². The lowest BCUT2D eigenvalue weighted by Crippen LogP contribution is -2.73. The number of hydrogen-bond donors (Lipinski definition) is 2. The zero-order chi connectivity index (χ0) is 30.6. The van der Waals surface area contributed by atoms with Gasteiger partial charge in [-0.15, -0.1) is 6.58 Å². The molecule has 2 N–H and O–H groups in total. The second-order valence-electron chi connectivity index (χ2n) is 13.0. The van der Waals surface area contributed by atoms with E-state index in [-0.39, 0.29) is 17.6 Å². The standard InChI is InChI=1S/C33H41N9O2/c1-5-15-41-30(43)26-20-34-31(37-29(26)42(41)28-8-6-7-27(36-28)32(2,3)44)35-24-9-11-25(12-10-24)40-19-18-38(4)33(22-40)21-39-16-13-23(33)14-17-39/h5-12,20,23,44H,1,13-19,21-22H2,2-4H3,(H,34,35,37). The molecule has 7 heterocycles. The van der Waals surface area contributed by atoms with Crippen LogP contribution in [0.3, 0.4) is 0 Å². The molecule has 11 nitrogen and oxygen atoms in total. The second-order valence-corrected chi connectivity index (χ2v) is 13.0. The molecule has 3 aromatic heterocycles. The number of hydrogen-bond acceptors (Lipinski definition) is 9. The molecule has 1 atom stereocenters. The minimum absolute atomic E-state index is 0.230. The van der Waals surface area contributed by atoms with Gasteiger partial charge in [-0.1, -0.05) is 12.1 Å². The summed E-state index contributed by atoms with van der Waals surface area (Å²) in [6.45, 7) is 14.2. The first-order valence-electron chi connectivity index (χ1n) is 15.5. The van der Waals surface area contributed by atoms with E-state index in [1.807, 2.05) is 6.07 Å². The van der Waals surface area contributed by atoms with Crippen molar-refractivity contribution in [3.8, 4) is 5.82 Å². The van der Waals surface area contributed by atoms with Crippen LogP contribution in [0, 0.1) is 5.92 Å². The van der Waals surface area contributed by atoms with Crippen LogP contribution >= 0.6 is 0 Å². The van der Waals surface area contributed by atoms with E-state index in [9.17, 15) is 9.90 Å². The third-order valence-corrected chi connectivity index (χ3v) is 9.82. The van der Waals surface area contributed by atoms with Crippen molar-refractivity contribution in [1.29, 1.82) is 0 Å². The van der Waals surface area contributed by atoms with Crippen LogP contribution < -0.4 is 15.8 Å². The summed E-state index contributed by atoms with van der Waals surface area (Å²) in [6, 6.07) is 13.8. The molecule has 1 unspecified atom stereocenters. The Kier molecular flexibility index (Phi) is 7.06. The lowest BCUT2D eigenvalue weighted by atomic mass is 9.70. The summed E-state index contributed by atoms with van der Waals surface area (Å²) in [7, 11) is 2.31. The number of piperidine rings is 3. The number of rotatable bonds is 7. The third-order valence-electron chi connectivity index (χ3n) is 9.82. The molecule has 230 valence electrons. The smallest absolute Gasteiger partial charge is 0.278 e. The van der Waals surface area contributed by atoms with Gasteiger partial charge in [0.2, 0.25) is 5.95 Å². The van der Waals surface area contributed by atoms with E-state index in [2.05, 4.69) is 67.9 Å². The number of aromatic nitrogens is 5. The highest BCUT2D eigenvalue weighted by atomic mass is 16.3. The SMILES string of the molecule is C=CCn1c(=O)c2cnc(Nc3ccc(N4CCN(C)C5(CN6CCC5CC6)C4)cc3)nc2n1-c1cccc(C(C)(C)O)n1. The molecule has 0 radical (unpaired) electrons. The summed E-state index contributed by atoms with van der Waals surface area (Å²) in [5.41, 5.74) is 1.85. The third kappa shape index (κ3) is 4.89. The fourth-order valence-corrected chi connectivity index (χ4v) is 7.38. The van der Waals surface area contributed by atoms with Crippen LogP contribution in [0.4, 0.5) is 17.3 Å². The average molecular weight is 596 g/mol. The molecule has 0 saturated carbocycles. The van der Waals surface area contributed by atoms with Crippen molar-refractivity contribution in [3.05, 3.63) is 77.4 Å². The highest BCUT2D eigenvalue weighted by Gasteiger charge is 2.51. The molecule has 1 aromatic carbocycles. The van der Waals surface area contributed by atoms with Gasteiger partial charge in [-0.2, -0.15) is 4.98 Å². The van der Waals surface area contributed by atoms with Gasteiger partial charge >= 0.3 is 0 Å². The van der Waals surface area contributed by atoms with Crippen molar-refractivity contribution in [2.75, 3.05) is 56.5 Å². The number of pyridine rings is 1. The zero-order valence-corrected chi connectivity index (χ0v) is 25.8. The summed E-state index contributed by atoms with van der Waals surface area (Å²) >= 11 is 0. The van der Waals surface area contributed by atoms with E-state index < -0.39 is 5.60 Å². The molecule has 44 heavy (non-hydrogen) atoms. The van der Waals surface area contributed by atoms with Crippen LogP contribution in [0.2, 0.25) is 0 Å². The first-order valence-corrected chi connectivity index (χ1v) is 15.5. The topological polar surface area (TPSA) is 108 Å². The van der Waals surface area contributed by atoms with E-state index in [0.29, 0.717) is 28.5 Å². The fourth-order valence-electron chi connectivity index (χ4n) is 7.38. The van der Waals surface area contributed by atoms with Crippen LogP contribution in [-0.2, 0) is 12.1 Å². The number of benzene rings is 1. The van der Waals surface area contributed by atoms with E-state index >= 15 is 0 Å². The first-order chi connectivity index (χ1) is 21.2. The lowest BCUT2D eigenvalue weighted by molar-refractivity contribution is -0.0653. The molecule has 4 aromatic rings. The molecule has 0 amide bonds. The maximum atomic E-state index is 13.3. The Morgan fingerprint density at radius 3 is 2.52 bits per heavy atom. The summed E-state index contributed by atoms with van der Waals surface area (Å²) in [5, 5.41) is 14.3. The van der Waals surface area contributed by atoms with E-state index in [4.69, 9.17) is 4.98 Å². The van der Waals surface area contributed by atoms with Crippen LogP contribution in [0.15, 0.2) is 66.1 Å². The van der Waals surface area contributed by atoms with Crippen LogP contribution in [0.1, 0.15) is 32.4 Å². The van der Waals surface area contributed by atoms with Crippen molar-refractivity contribution in [3.63, 3.8) is 0 Å². The summed E-state index contributed by atoms with van der Waals surface area (Å²) in [5.74, 6) is 1.61. The highest BCUT2D eigenvalue weighted by Crippen LogP contribution is 2.42. The van der Waals surface area contributed by atoms with Crippen molar-refractivity contribution >= 4 is 28.4 Å². The van der Waals surface area contributed by atoms with Gasteiger partial charge in [-0.05, 0) is 89.1 Å². The maximum Gasteiger partial charge on any atom is 0.278 e. The van der Waals surface area contributed by atoms with Crippen LogP contribution in [0.5, 0.6) is 0 Å². The molecular weight excluding hydrogens is 554 g/mol. The number of fused-ring (bicyclic) bond motifs is 3. The Morgan fingerprint density at radius 1 is 1.07 bits per heavy atom. The van der Waals surface area contributed by atoms with Gasteiger partial charge in [0.05, 0.1) is 17.8 Å². The second kappa shape index (κ2) is 10.8. The predicted octanol–water partition coefficient (Wildman–Crippen LogP) is 3.35. The molecule has 4 aliphatic heterocycles. The summed E-state index contributed by atoms with van der Waals surface area (Å²) in [6.07, 6.45) is 5.81. The van der Waals surface area contributed by atoms with Crippen molar-refractivity contribution in [1.82, 2.24) is 34.1 Å².